The molecular weight excluding hydrogens is 84.1 g/mol. The predicted octanol–water partition coefficient (Wildman–Crippen LogP) is 0.537. The molecule has 0 aliphatic heterocycles. The second kappa shape index (κ2) is 1.09. The summed E-state index contributed by atoms with van der Waals surface area (Å²) >= 11 is 0. The highest BCUT2D eigenvalue weighted by Crippen LogP contribution is 1.82. The average molecular weight is 100 g/mol. The maximum Gasteiger partial charge on any atom is 0.155 e. The van der Waals surface area contributed by atoms with Crippen LogP contribution in [0.5, 0.6) is 0 Å². The van der Waals surface area contributed by atoms with Crippen LogP contribution in [0.1, 0.15) is 11.0 Å². The fourth-order valence-electron chi connectivity index (χ4n) is 0. The van der Waals surface area contributed by atoms with E-state index in [1.165, 1.54) is 0 Å². The highest BCUT2D eigenvalue weighted by molar-refractivity contribution is 8.02. The Morgan fingerprint density at radius 3 is 2.80 bits per heavy atom. The van der Waals surface area contributed by atoms with Crippen LogP contribution in [-0.2, 0) is 14.1 Å². The molecule has 0 spiro atoms. The van der Waals surface area contributed by atoms with Gasteiger partial charge >= 0.3 is 0 Å². The Hall–Kier alpha value is 0.150. The second-order valence-electron chi connectivity index (χ2n) is 0.556. The van der Waals surface area contributed by atoms with Gasteiger partial charge in [0.2, 0.25) is 0 Å². The molecule has 1 radical (unpaired) electrons. The van der Waals surface area contributed by atoms with Crippen molar-refractivity contribution in [3.05, 3.63) is 6.21 Å². The highest BCUT2D eigenvalue weighted by Gasteiger charge is 1.96. The van der Waals surface area contributed by atoms with Gasteiger partial charge in [-0.2, -0.15) is 0 Å². The molecule has 0 amide bonds. The number of hydrogen-bond donors (Lipinski definition) is 0. The molecule has 0 heterocycles. The van der Waals surface area contributed by atoms with Crippen molar-refractivity contribution in [1.29, 1.82) is 0 Å². The molecule has 5 heavy (non-hydrogen) atoms. The first-order chi connectivity index (χ1) is 5.44. The lowest BCUT2D eigenvalue weighted by atomic mass is 11.9. The van der Waals surface area contributed by atoms with E-state index in [0.717, 1.165) is 0 Å². The first-order valence-corrected chi connectivity index (χ1v) is 2.34. The van der Waals surface area contributed by atoms with Gasteiger partial charge in [0.15, 0.2) is 6.21 Å². The van der Waals surface area contributed by atoms with Crippen LogP contribution in [0, 0.1) is 6.21 Å². The Morgan fingerprint density at radius 2 is 2.80 bits per heavy atom. The Labute approximate surface area is 45.1 Å². The molecule has 0 aromatic carbocycles. The molecule has 0 aliphatic carbocycles. The maximum absolute atomic E-state index is 11.4. The molecule has 0 aromatic rings. The lowest BCUT2D eigenvalue weighted by Gasteiger charge is -1.79. The van der Waals surface area contributed by atoms with Crippen molar-refractivity contribution in [3.8, 4) is 0 Å². The number of hydrogen-bond acceptors (Lipinski definition) is 1. The van der Waals surface area contributed by atoms with E-state index >= 15 is 0 Å². The first kappa shape index (κ1) is 0.601. The summed E-state index contributed by atoms with van der Waals surface area (Å²) in [4.78, 5) is 0. The van der Waals surface area contributed by atoms with Gasteiger partial charge in [-0.3, -0.25) is 0 Å². The second-order valence-corrected chi connectivity index (χ2v) is 1.67. The van der Waals surface area contributed by atoms with Crippen molar-refractivity contribution >= 4 is 9.93 Å². The zero-order valence-corrected chi connectivity index (χ0v) is 3.13. The summed E-state index contributed by atoms with van der Waals surface area (Å²) < 4.78 is 64.9. The molecule has 0 fully saturated rings. The quantitative estimate of drug-likeness (QED) is 0.439. The van der Waals surface area contributed by atoms with Crippen LogP contribution in [0.4, 0.5) is 0 Å². The summed E-state index contributed by atoms with van der Waals surface area (Å²) in [6.45, 7) is 0. The average Bonchev–Trinajstić information content (AvgIpc) is 1.80. The molecule has 31 valence electrons. The van der Waals surface area contributed by atoms with E-state index in [-0.39, 0.29) is 0 Å². The number of rotatable bonds is 1. The predicted molar refractivity (Wildman–Crippen MR) is 25.3 cm³/mol. The summed E-state index contributed by atoms with van der Waals surface area (Å²) in [5.74, 6) is 0. The Kier molecular flexibility index (Phi) is 0.131. The van der Waals surface area contributed by atoms with Crippen molar-refractivity contribution < 1.29 is 15.2 Å². The molecule has 0 atom stereocenters. The van der Waals surface area contributed by atoms with E-state index in [0.29, 0.717) is 0 Å². The SMILES string of the molecule is [2H][C]([2H])[S+](=O)(C([2H])([2H])[2H])C([2H])([2H])[2H]. The monoisotopic (exact) mass is 100 g/mol. The third-order valence-electron chi connectivity index (χ3n) is 0. The molecule has 0 bridgehead atoms. The van der Waals surface area contributed by atoms with E-state index < -0.39 is 28.5 Å². The van der Waals surface area contributed by atoms with Gasteiger partial charge in [-0.15, -0.1) is 4.21 Å². The van der Waals surface area contributed by atoms with Crippen LogP contribution in [0.2, 0.25) is 0 Å². The highest BCUT2D eigenvalue weighted by atomic mass is 32.2. The molecule has 0 rings (SSSR count). The molecule has 0 aromatic heterocycles. The summed E-state index contributed by atoms with van der Waals surface area (Å²) in [6, 6.07) is 0. The van der Waals surface area contributed by atoms with Crippen molar-refractivity contribution in [2.75, 3.05) is 12.4 Å². The Morgan fingerprint density at radius 1 is 2.20 bits per heavy atom. The van der Waals surface area contributed by atoms with Crippen LogP contribution < -0.4 is 0 Å². The minimum Gasteiger partial charge on any atom is -0.106 e. The van der Waals surface area contributed by atoms with Crippen LogP contribution >= 0.6 is 0 Å². The van der Waals surface area contributed by atoms with Gasteiger partial charge in [-0.1, -0.05) is 0 Å². The molecule has 1 nitrogen and oxygen atoms in total. The lowest BCUT2D eigenvalue weighted by Crippen LogP contribution is -1.93. The Balaban J connectivity index is 5.37. The summed E-state index contributed by atoms with van der Waals surface area (Å²) in [5, 5.41) is 0. The molecular formula is C3H8OS+. The van der Waals surface area contributed by atoms with Crippen molar-refractivity contribution in [3.63, 3.8) is 0 Å². The van der Waals surface area contributed by atoms with Crippen molar-refractivity contribution in [2.45, 2.75) is 0 Å². The molecule has 0 saturated carbocycles. The van der Waals surface area contributed by atoms with Gasteiger partial charge < -0.3 is 0 Å². The summed E-state index contributed by atoms with van der Waals surface area (Å²) in [5.41, 5.74) is 0. The zero-order valence-electron chi connectivity index (χ0n) is 10.3. The van der Waals surface area contributed by atoms with Gasteiger partial charge in [0, 0.05) is 0 Å². The van der Waals surface area contributed by atoms with Crippen LogP contribution in [-0.4, -0.2) is 12.4 Å². The van der Waals surface area contributed by atoms with Crippen molar-refractivity contribution in [1.82, 2.24) is 0 Å². The minimum absolute atomic E-state index is 1.56. The van der Waals surface area contributed by atoms with E-state index in [9.17, 15) is 4.21 Å². The fraction of sp³-hybridized carbons (Fsp3) is 0.667. The summed E-state index contributed by atoms with van der Waals surface area (Å²) in [6.07, 6.45) is -8.23. The van der Waals surface area contributed by atoms with Gasteiger partial charge in [0.1, 0.15) is 12.4 Å². The fourth-order valence-corrected chi connectivity index (χ4v) is 0. The largest absolute Gasteiger partial charge is 0.155 e. The lowest BCUT2D eigenvalue weighted by molar-refractivity contribution is 0.595. The van der Waals surface area contributed by atoms with E-state index in [4.69, 9.17) is 11.0 Å². The summed E-state index contributed by atoms with van der Waals surface area (Å²) in [7, 11) is -4.59. The molecule has 0 saturated heterocycles. The van der Waals surface area contributed by atoms with Crippen LogP contribution in [0.25, 0.3) is 0 Å². The van der Waals surface area contributed by atoms with Crippen LogP contribution in [0.15, 0.2) is 0 Å². The molecule has 0 unspecified atom stereocenters. The molecule has 2 heteroatoms. The van der Waals surface area contributed by atoms with Gasteiger partial charge in [0.25, 0.3) is 0 Å². The normalized spacial score (nSPS) is 41.0. The van der Waals surface area contributed by atoms with Crippen LogP contribution in [0.3, 0.4) is 0 Å². The molecule has 0 N–H and O–H groups in total. The molecule has 0 aliphatic rings. The Bertz CT molecular complexity index is 207. The third kappa shape index (κ3) is 853. The van der Waals surface area contributed by atoms with E-state index in [2.05, 4.69) is 0 Å². The topological polar surface area (TPSA) is 17.1 Å². The smallest absolute Gasteiger partial charge is 0.106 e. The third-order valence-corrected chi connectivity index (χ3v) is 0. The van der Waals surface area contributed by atoms with Gasteiger partial charge in [0.05, 0.1) is 20.9 Å². The first-order valence-electron chi connectivity index (χ1n) is 4.78. The van der Waals surface area contributed by atoms with E-state index in [1.807, 2.05) is 0 Å². The minimum atomic E-state index is -4.59. The van der Waals surface area contributed by atoms with Crippen molar-refractivity contribution in [2.24, 2.45) is 0 Å². The van der Waals surface area contributed by atoms with Gasteiger partial charge in [-0.05, 0) is 0 Å². The standard InChI is InChI=1S/C3H8OS/c1-5(2,3)4/h1H2,2-3H3/q+1/i1D2,2D3,3D3. The zero-order chi connectivity index (χ0) is 11.1. The van der Waals surface area contributed by atoms with Gasteiger partial charge in [-0.25, -0.2) is 0 Å². The van der Waals surface area contributed by atoms with E-state index in [1.54, 1.807) is 0 Å². The maximum atomic E-state index is 11.4.